The normalized spacial score (nSPS) is 14.3. The molecule has 12 heteroatoms. The van der Waals surface area contributed by atoms with Crippen LogP contribution >= 0.6 is 0 Å². The predicted octanol–water partition coefficient (Wildman–Crippen LogP) is 6.01. The van der Waals surface area contributed by atoms with E-state index >= 15 is 0 Å². The zero-order chi connectivity index (χ0) is 29.8. The highest BCUT2D eigenvalue weighted by molar-refractivity contribution is 5.74. The van der Waals surface area contributed by atoms with Crippen LogP contribution in [0.25, 0.3) is 0 Å². The van der Waals surface area contributed by atoms with Gasteiger partial charge < -0.3 is 24.7 Å². The van der Waals surface area contributed by atoms with Crippen molar-refractivity contribution in [1.82, 2.24) is 0 Å². The maximum absolute atomic E-state index is 13.8. The molecule has 0 bridgehead atoms. The Hall–Kier alpha value is -4.79. The summed E-state index contributed by atoms with van der Waals surface area (Å²) in [6.45, 7) is 3.50. The van der Waals surface area contributed by atoms with Crippen LogP contribution in [-0.4, -0.2) is 19.2 Å². The van der Waals surface area contributed by atoms with Gasteiger partial charge in [-0.25, -0.2) is 18.0 Å². The van der Waals surface area contributed by atoms with Gasteiger partial charge >= 0.3 is 5.97 Å². The lowest BCUT2D eigenvalue weighted by molar-refractivity contribution is -0.136. The fraction of sp³-hybridized carbons (Fsp3) is 0.241. The number of carbonyl (C=O) groups is 1. The Kier molecular flexibility index (Phi) is 8.66. The van der Waals surface area contributed by atoms with Gasteiger partial charge in [-0.2, -0.15) is 14.0 Å². The molecule has 0 saturated carbocycles. The molecule has 1 unspecified atom stereocenters. The van der Waals surface area contributed by atoms with E-state index in [1.807, 2.05) is 0 Å². The fourth-order valence-corrected chi connectivity index (χ4v) is 4.04. The van der Waals surface area contributed by atoms with Crippen LogP contribution < -0.4 is 24.7 Å². The first-order chi connectivity index (χ1) is 19.5. The van der Waals surface area contributed by atoms with E-state index in [4.69, 9.17) is 19.9 Å². The third kappa shape index (κ3) is 6.19. The Morgan fingerprint density at radius 3 is 2.32 bits per heavy atom. The van der Waals surface area contributed by atoms with E-state index in [1.165, 1.54) is 18.2 Å². The number of hydrogen-bond acceptors (Lipinski definition) is 7. The molecule has 0 amide bonds. The first-order valence-corrected chi connectivity index (χ1v) is 12.3. The van der Waals surface area contributed by atoms with E-state index in [-0.39, 0.29) is 23.0 Å². The van der Waals surface area contributed by atoms with Gasteiger partial charge in [0, 0.05) is 11.6 Å². The van der Waals surface area contributed by atoms with Crippen molar-refractivity contribution in [3.8, 4) is 29.1 Å². The van der Waals surface area contributed by atoms with Crippen LogP contribution in [0.1, 0.15) is 37.3 Å². The van der Waals surface area contributed by atoms with Gasteiger partial charge in [0.05, 0.1) is 12.5 Å². The molecule has 1 atom stereocenters. The number of halogens is 5. The zero-order valence-electron chi connectivity index (χ0n) is 21.8. The Morgan fingerprint density at radius 1 is 0.976 bits per heavy atom. The molecule has 4 rings (SSSR count). The van der Waals surface area contributed by atoms with Gasteiger partial charge in [-0.15, -0.1) is 0 Å². The summed E-state index contributed by atoms with van der Waals surface area (Å²) in [4.78, 5) is 12.2. The molecule has 0 aliphatic carbocycles. The maximum atomic E-state index is 13.8. The van der Waals surface area contributed by atoms with Gasteiger partial charge in [0.1, 0.15) is 28.9 Å². The Bertz CT molecular complexity index is 1540. The van der Waals surface area contributed by atoms with Gasteiger partial charge in [0.15, 0.2) is 12.4 Å². The Labute approximate surface area is 231 Å². The predicted molar refractivity (Wildman–Crippen MR) is 134 cm³/mol. The van der Waals surface area contributed by atoms with E-state index in [0.717, 1.165) is 6.42 Å². The minimum Gasteiger partial charge on any atom is -0.494 e. The minimum atomic E-state index is -2.36. The number of benzene rings is 3. The number of esters is 1. The summed E-state index contributed by atoms with van der Waals surface area (Å²) in [5.41, 5.74) is 7.39. The second-order valence-corrected chi connectivity index (χ2v) is 9.39. The molecular formula is C29H23F5N2O5. The lowest BCUT2D eigenvalue weighted by Crippen LogP contribution is -2.22. The van der Waals surface area contributed by atoms with Crippen LogP contribution in [0, 0.1) is 46.3 Å². The number of allylic oxidation sites excluding steroid dienone is 1. The monoisotopic (exact) mass is 574 g/mol. The molecular weight excluding hydrogens is 551 g/mol. The summed E-state index contributed by atoms with van der Waals surface area (Å²) in [7, 11) is 0. The molecule has 0 radical (unpaired) electrons. The van der Waals surface area contributed by atoms with Crippen LogP contribution in [0.2, 0.25) is 0 Å². The fourth-order valence-electron chi connectivity index (χ4n) is 4.04. The van der Waals surface area contributed by atoms with Gasteiger partial charge in [-0.3, -0.25) is 0 Å². The number of fused-ring (bicyclic) bond motifs is 1. The van der Waals surface area contributed by atoms with Gasteiger partial charge in [0.25, 0.3) is 0 Å². The summed E-state index contributed by atoms with van der Waals surface area (Å²) in [6, 6.07) is 13.4. The number of carbonyl (C=O) groups excluding carboxylic acids is 1. The quantitative estimate of drug-likeness (QED) is 0.110. The standard InChI is InChI=1S/C29H23F5N2O5/c1-14(2)8-9-38-16-5-3-4-15(10-16)22-18-7-6-17(11-20(18)41-29(36)19(22)12-35)40-21(37)13-39-28-26(33)24(31)23(30)25(32)27(28)34/h3-7,10-11,14,22H,8-9,13,36H2,1-2H3. The molecule has 0 saturated heterocycles. The smallest absolute Gasteiger partial charge is 0.349 e. The van der Waals surface area contributed by atoms with Crippen LogP contribution in [-0.2, 0) is 4.79 Å². The average Bonchev–Trinajstić information content (AvgIpc) is 2.94. The van der Waals surface area contributed by atoms with Crippen molar-refractivity contribution in [2.45, 2.75) is 26.2 Å². The summed E-state index contributed by atoms with van der Waals surface area (Å²) in [6.07, 6.45) is 0.856. The molecule has 3 aromatic carbocycles. The van der Waals surface area contributed by atoms with E-state index in [0.29, 0.717) is 29.4 Å². The second kappa shape index (κ2) is 12.2. The average molecular weight is 575 g/mol. The van der Waals surface area contributed by atoms with Crippen molar-refractivity contribution in [3.05, 3.63) is 94.1 Å². The number of hydrogen-bond donors (Lipinski definition) is 1. The first kappa shape index (κ1) is 29.2. The van der Waals surface area contributed by atoms with Crippen LogP contribution in [0.5, 0.6) is 23.0 Å². The number of rotatable bonds is 9. The summed E-state index contributed by atoms with van der Waals surface area (Å²) in [5, 5.41) is 9.80. The third-order valence-electron chi connectivity index (χ3n) is 6.08. The van der Waals surface area contributed by atoms with Crippen molar-refractivity contribution in [1.29, 1.82) is 5.26 Å². The lowest BCUT2D eigenvalue weighted by atomic mass is 9.83. The summed E-state index contributed by atoms with van der Waals surface area (Å²) < 4.78 is 88.6. The molecule has 0 fully saturated rings. The molecule has 3 aromatic rings. The van der Waals surface area contributed by atoms with Crippen molar-refractivity contribution in [2.75, 3.05) is 13.2 Å². The van der Waals surface area contributed by atoms with Crippen molar-refractivity contribution in [3.63, 3.8) is 0 Å². The van der Waals surface area contributed by atoms with Gasteiger partial charge in [0.2, 0.25) is 35.0 Å². The third-order valence-corrected chi connectivity index (χ3v) is 6.08. The van der Waals surface area contributed by atoms with Crippen molar-refractivity contribution in [2.24, 2.45) is 11.7 Å². The van der Waals surface area contributed by atoms with Crippen LogP contribution in [0.3, 0.4) is 0 Å². The SMILES string of the molecule is CC(C)CCOc1cccc(C2C(C#N)=C(N)Oc3cc(OC(=O)COc4c(F)c(F)c(F)c(F)c4F)ccc32)c1. The van der Waals surface area contributed by atoms with Crippen LogP contribution in [0.15, 0.2) is 53.9 Å². The largest absolute Gasteiger partial charge is 0.494 e. The highest BCUT2D eigenvalue weighted by Gasteiger charge is 2.32. The molecule has 1 aliphatic rings. The highest BCUT2D eigenvalue weighted by Crippen LogP contribution is 2.44. The summed E-state index contributed by atoms with van der Waals surface area (Å²) >= 11 is 0. The number of ether oxygens (including phenoxy) is 4. The number of nitriles is 1. The number of nitrogens with zero attached hydrogens (tertiary/aromatic N) is 1. The van der Waals surface area contributed by atoms with E-state index in [9.17, 15) is 32.0 Å². The Morgan fingerprint density at radius 2 is 1.66 bits per heavy atom. The first-order valence-electron chi connectivity index (χ1n) is 12.3. The molecule has 0 spiro atoms. The second-order valence-electron chi connectivity index (χ2n) is 9.39. The lowest BCUT2D eigenvalue weighted by Gasteiger charge is -2.27. The maximum Gasteiger partial charge on any atom is 0.349 e. The van der Waals surface area contributed by atoms with Crippen molar-refractivity contribution < 1.29 is 45.7 Å². The topological polar surface area (TPSA) is 104 Å². The van der Waals surface area contributed by atoms with Crippen molar-refractivity contribution >= 4 is 5.97 Å². The summed E-state index contributed by atoms with van der Waals surface area (Å²) in [5.74, 6) is -13.8. The molecule has 214 valence electrons. The van der Waals surface area contributed by atoms with E-state index in [1.54, 1.807) is 24.3 Å². The molecule has 0 aromatic heterocycles. The van der Waals surface area contributed by atoms with Gasteiger partial charge in [-0.1, -0.05) is 32.0 Å². The molecule has 7 nitrogen and oxygen atoms in total. The Balaban J connectivity index is 1.54. The molecule has 1 aliphatic heterocycles. The van der Waals surface area contributed by atoms with Crippen LogP contribution in [0.4, 0.5) is 22.0 Å². The zero-order valence-corrected chi connectivity index (χ0v) is 21.8. The van der Waals surface area contributed by atoms with E-state index in [2.05, 4.69) is 24.7 Å². The molecule has 41 heavy (non-hydrogen) atoms. The van der Waals surface area contributed by atoms with E-state index < -0.39 is 53.3 Å². The molecule has 1 heterocycles. The number of nitrogens with two attached hydrogens (primary N) is 1. The molecule has 2 N–H and O–H groups in total. The minimum absolute atomic E-state index is 0.104. The van der Waals surface area contributed by atoms with Gasteiger partial charge in [-0.05, 0) is 36.1 Å². The highest BCUT2D eigenvalue weighted by atomic mass is 19.2.